The number of rotatable bonds is 2. The molecule has 0 atom stereocenters. The Kier molecular flexibility index (Phi) is 33.9. The normalized spacial score (nSPS) is 7.76. The molecule has 8 nitrogen and oxygen atoms in total. The molecular formula is C4H6F2O8STl2. The monoisotopic (exact) mass is 662 g/mol. The maximum atomic E-state index is 10.5. The van der Waals surface area contributed by atoms with Gasteiger partial charge in [-0.25, -0.2) is 18.4 Å². The van der Waals surface area contributed by atoms with E-state index in [2.05, 4.69) is 0 Å². The predicted octanol–water partition coefficient (Wildman–Crippen LogP) is -2.02. The van der Waals surface area contributed by atoms with E-state index in [1.165, 1.54) is 0 Å². The third kappa shape index (κ3) is 171. The second kappa shape index (κ2) is 18.9. The topological polar surface area (TPSA) is 155 Å². The van der Waals surface area contributed by atoms with Crippen LogP contribution in [0.5, 0.6) is 0 Å². The van der Waals surface area contributed by atoms with Crippen LogP contribution in [0.15, 0.2) is 0 Å². The molecule has 0 aromatic rings. The first kappa shape index (κ1) is 30.5. The van der Waals surface area contributed by atoms with Gasteiger partial charge in [-0.15, -0.1) is 0 Å². The smallest absolute Gasteiger partial charge is 0.759 e. The van der Waals surface area contributed by atoms with Gasteiger partial charge in [-0.05, 0) is 0 Å². The van der Waals surface area contributed by atoms with E-state index in [9.17, 15) is 8.78 Å². The molecule has 0 saturated heterocycles. The Morgan fingerprint density at radius 2 is 1.00 bits per heavy atom. The first-order chi connectivity index (χ1) is 6.54. The van der Waals surface area contributed by atoms with E-state index < -0.39 is 35.7 Å². The van der Waals surface area contributed by atoms with Gasteiger partial charge in [0, 0.05) is 10.4 Å². The molecule has 0 amide bonds. The summed E-state index contributed by atoms with van der Waals surface area (Å²) in [6.07, 6.45) is 0. The number of hydrogen-bond acceptors (Lipinski definition) is 6. The molecule has 17 heavy (non-hydrogen) atoms. The van der Waals surface area contributed by atoms with Crippen LogP contribution in [0, 0.1) is 0 Å². The Labute approximate surface area is 135 Å². The largest absolute Gasteiger partial charge is 1.00 e. The van der Waals surface area contributed by atoms with Crippen molar-refractivity contribution < 1.29 is 46.1 Å². The Bertz CT molecular complexity index is 259. The summed E-state index contributed by atoms with van der Waals surface area (Å²) in [5.74, 6) is -2.82. The molecular weight excluding hydrogens is 655 g/mol. The van der Waals surface area contributed by atoms with E-state index >= 15 is 0 Å². The Morgan fingerprint density at radius 3 is 1.00 bits per heavy atom. The number of halogens is 2. The molecule has 0 radical (unpaired) electrons. The molecule has 0 aromatic heterocycles. The van der Waals surface area contributed by atoms with Crippen LogP contribution < -0.4 is 0 Å². The van der Waals surface area contributed by atoms with Gasteiger partial charge >= 0.3 is 66.5 Å². The Morgan fingerprint density at radius 1 is 0.941 bits per heavy atom. The molecule has 0 saturated carbocycles. The van der Waals surface area contributed by atoms with Crippen LogP contribution in [0.1, 0.15) is 0 Å². The maximum absolute atomic E-state index is 10.5. The van der Waals surface area contributed by atoms with Gasteiger partial charge in [0.05, 0.1) is 0 Å². The van der Waals surface area contributed by atoms with E-state index in [4.69, 9.17) is 37.3 Å². The van der Waals surface area contributed by atoms with Gasteiger partial charge in [0.1, 0.15) is 0 Å². The van der Waals surface area contributed by atoms with Crippen molar-refractivity contribution in [2.75, 3.05) is 13.3 Å². The number of carboxylic acids is 2. The summed E-state index contributed by atoms with van der Waals surface area (Å²) in [5, 5.41) is 14.7. The third-order valence-corrected chi connectivity index (χ3v) is 0.229. The van der Waals surface area contributed by atoms with Crippen LogP contribution in [0.3, 0.4) is 0 Å². The zero-order chi connectivity index (χ0) is 13.1. The van der Waals surface area contributed by atoms with Crippen LogP contribution in [-0.4, -0.2) is 108 Å². The van der Waals surface area contributed by atoms with Crippen molar-refractivity contribution in [3.63, 3.8) is 0 Å². The fraction of sp³-hybridized carbons (Fsp3) is 0.500. The summed E-state index contributed by atoms with van der Waals surface area (Å²) < 4.78 is 55.1. The van der Waals surface area contributed by atoms with Crippen molar-refractivity contribution in [1.29, 1.82) is 0 Å². The SMILES string of the molecule is O=C(O)CF.O=C(O)CF.O=S(=O)([O-])[O-].[Tl+].[Tl+]. The van der Waals surface area contributed by atoms with Gasteiger partial charge < -0.3 is 19.3 Å². The van der Waals surface area contributed by atoms with Gasteiger partial charge in [0.2, 0.25) is 0 Å². The van der Waals surface area contributed by atoms with Gasteiger partial charge in [-0.1, -0.05) is 0 Å². The molecule has 0 rings (SSSR count). The fourth-order valence-electron chi connectivity index (χ4n) is 0. The quantitative estimate of drug-likeness (QED) is 0.196. The summed E-state index contributed by atoms with van der Waals surface area (Å²) in [4.78, 5) is 18.0. The maximum Gasteiger partial charge on any atom is 1.00 e. The first-order valence-electron chi connectivity index (χ1n) is 2.76. The Balaban J connectivity index is -0.0000000400. The summed E-state index contributed by atoms with van der Waals surface area (Å²) in [6.45, 7) is -2.56. The zero-order valence-electron chi connectivity index (χ0n) is 8.08. The summed E-state index contributed by atoms with van der Waals surface area (Å²) in [6, 6.07) is 0. The molecule has 0 spiro atoms. The second-order valence-electron chi connectivity index (χ2n) is 1.46. The van der Waals surface area contributed by atoms with Crippen molar-refractivity contribution in [3.05, 3.63) is 0 Å². The zero-order valence-corrected chi connectivity index (χ0v) is 17.9. The van der Waals surface area contributed by atoms with Crippen LogP contribution in [0.2, 0.25) is 0 Å². The fourth-order valence-corrected chi connectivity index (χ4v) is 0. The number of carbonyl (C=O) groups is 2. The molecule has 0 aliphatic carbocycles. The van der Waals surface area contributed by atoms with Crippen molar-refractivity contribution in [2.24, 2.45) is 0 Å². The van der Waals surface area contributed by atoms with Gasteiger partial charge in [-0.2, -0.15) is 0 Å². The summed E-state index contributed by atoms with van der Waals surface area (Å²) in [5.41, 5.74) is 0. The molecule has 13 heteroatoms. The first-order valence-corrected chi connectivity index (χ1v) is 4.10. The number of alkyl halides is 2. The van der Waals surface area contributed by atoms with Crippen molar-refractivity contribution in [3.8, 4) is 0 Å². The molecule has 0 unspecified atom stereocenters. The molecule has 0 aromatic carbocycles. The third-order valence-electron chi connectivity index (χ3n) is 0.229. The summed E-state index contributed by atoms with van der Waals surface area (Å²) >= 11 is 0. The van der Waals surface area contributed by atoms with Gasteiger partial charge in [0.25, 0.3) is 0 Å². The number of carboxylic acid groups (broad SMARTS) is 2. The molecule has 0 aliphatic heterocycles. The average molecular weight is 661 g/mol. The van der Waals surface area contributed by atoms with E-state index in [1.807, 2.05) is 0 Å². The second-order valence-corrected chi connectivity index (χ2v) is 2.28. The molecule has 2 N–H and O–H groups in total. The van der Waals surface area contributed by atoms with Crippen LogP contribution in [-0.2, 0) is 20.0 Å². The standard InChI is InChI=1S/2C2H3FO2.H2O4S.2Tl/c2*3-1-2(4)5;1-5(2,3)4;;/h2*1H2,(H,4,5);(H2,1,2,3,4);;/q;;;2*+1/p-2. The van der Waals surface area contributed by atoms with E-state index in [0.717, 1.165) is 0 Å². The van der Waals surface area contributed by atoms with Gasteiger partial charge in [-0.3, -0.25) is 8.42 Å². The molecule has 0 aliphatic rings. The van der Waals surface area contributed by atoms with Crippen LogP contribution in [0.4, 0.5) is 8.78 Å². The van der Waals surface area contributed by atoms with Crippen LogP contribution >= 0.6 is 0 Å². The molecule has 0 bridgehead atoms. The van der Waals surface area contributed by atoms with Crippen molar-refractivity contribution in [1.82, 2.24) is 0 Å². The summed E-state index contributed by atoms with van der Waals surface area (Å²) in [7, 11) is -5.17. The van der Waals surface area contributed by atoms with Gasteiger partial charge in [0.15, 0.2) is 13.3 Å². The average Bonchev–Trinajstić information content (AvgIpc) is 2.02. The van der Waals surface area contributed by atoms with E-state index in [0.29, 0.717) is 0 Å². The minimum Gasteiger partial charge on any atom is -0.759 e. The molecule has 0 fully saturated rings. The van der Waals surface area contributed by atoms with E-state index in [-0.39, 0.29) is 54.6 Å². The van der Waals surface area contributed by atoms with Crippen molar-refractivity contribution in [2.45, 2.75) is 0 Å². The van der Waals surface area contributed by atoms with Crippen LogP contribution in [0.25, 0.3) is 0 Å². The van der Waals surface area contributed by atoms with E-state index in [1.54, 1.807) is 0 Å². The predicted molar refractivity (Wildman–Crippen MR) is 49.2 cm³/mol. The van der Waals surface area contributed by atoms with Crippen molar-refractivity contribution >= 4 is 76.9 Å². The molecule has 0 heterocycles. The Hall–Kier alpha value is 0.514. The molecule has 96 valence electrons. The minimum atomic E-state index is -5.17. The minimum absolute atomic E-state index is 0. The number of hydrogen-bond donors (Lipinski definition) is 2. The number of aliphatic carboxylic acids is 2.